The average molecular weight is 215 g/mol. The van der Waals surface area contributed by atoms with Gasteiger partial charge in [-0.3, -0.25) is 0 Å². The maximum Gasteiger partial charge on any atom is 0.101 e. The van der Waals surface area contributed by atoms with Crippen molar-refractivity contribution in [3.63, 3.8) is 0 Å². The lowest BCUT2D eigenvalue weighted by atomic mass is 10.1. The predicted octanol–water partition coefficient (Wildman–Crippen LogP) is 1.66. The van der Waals surface area contributed by atoms with Crippen LogP contribution in [0.4, 0.5) is 5.69 Å². The molecule has 0 amide bonds. The van der Waals surface area contributed by atoms with Gasteiger partial charge in [0.1, 0.15) is 6.07 Å². The molecule has 0 spiro atoms. The average Bonchev–Trinajstić information content (AvgIpc) is 2.30. The quantitative estimate of drug-likeness (QED) is 0.774. The first-order chi connectivity index (χ1) is 7.72. The first kappa shape index (κ1) is 11.0. The number of hydrogen-bond acceptors (Lipinski definition) is 3. The number of nitrogens with zero attached hydrogens (tertiary/aromatic N) is 2. The maximum atomic E-state index is 9.17. The van der Waals surface area contributed by atoms with E-state index in [1.165, 1.54) is 0 Å². The van der Waals surface area contributed by atoms with E-state index in [9.17, 15) is 0 Å². The number of anilines is 1. The van der Waals surface area contributed by atoms with Crippen molar-refractivity contribution in [2.45, 2.75) is 19.9 Å². The number of aryl methyl sites for hydroxylation is 1. The molecule has 84 valence electrons. The van der Waals surface area contributed by atoms with Crippen molar-refractivity contribution in [1.29, 1.82) is 5.26 Å². The molecule has 1 heterocycles. The molecule has 1 aromatic carbocycles. The zero-order chi connectivity index (χ0) is 11.5. The van der Waals surface area contributed by atoms with E-state index in [4.69, 9.17) is 5.26 Å². The predicted molar refractivity (Wildman–Crippen MR) is 65.6 cm³/mol. The summed E-state index contributed by atoms with van der Waals surface area (Å²) in [6.45, 7) is 7.15. The number of rotatable bonds is 1. The highest BCUT2D eigenvalue weighted by Gasteiger charge is 2.20. The van der Waals surface area contributed by atoms with Gasteiger partial charge in [-0.15, -0.1) is 0 Å². The Morgan fingerprint density at radius 2 is 2.31 bits per heavy atom. The van der Waals surface area contributed by atoms with Crippen molar-refractivity contribution in [1.82, 2.24) is 5.32 Å². The van der Waals surface area contributed by atoms with E-state index in [-0.39, 0.29) is 0 Å². The van der Waals surface area contributed by atoms with Crippen LogP contribution in [0.5, 0.6) is 0 Å². The van der Waals surface area contributed by atoms with E-state index in [2.05, 4.69) is 35.3 Å². The highest BCUT2D eigenvalue weighted by Crippen LogP contribution is 2.23. The van der Waals surface area contributed by atoms with Crippen molar-refractivity contribution in [2.24, 2.45) is 0 Å². The van der Waals surface area contributed by atoms with Gasteiger partial charge in [0.15, 0.2) is 0 Å². The maximum absolute atomic E-state index is 9.17. The van der Waals surface area contributed by atoms with Crippen molar-refractivity contribution >= 4 is 5.69 Å². The minimum absolute atomic E-state index is 0.448. The van der Waals surface area contributed by atoms with Crippen molar-refractivity contribution in [3.8, 4) is 6.07 Å². The van der Waals surface area contributed by atoms with Crippen LogP contribution in [0.25, 0.3) is 0 Å². The SMILES string of the molecule is Cc1ccc(N2CCNC[C@H]2C)c(C#N)c1. The van der Waals surface area contributed by atoms with Gasteiger partial charge in [-0.1, -0.05) is 6.07 Å². The standard InChI is InChI=1S/C13H17N3/c1-10-3-4-13(12(7-10)8-14)16-6-5-15-9-11(16)2/h3-4,7,11,15H,5-6,9H2,1-2H3/t11-/m1/s1. The molecule has 0 radical (unpaired) electrons. The molecule has 3 heteroatoms. The van der Waals surface area contributed by atoms with Crippen molar-refractivity contribution < 1.29 is 0 Å². The van der Waals surface area contributed by atoms with Crippen LogP contribution < -0.4 is 10.2 Å². The first-order valence-corrected chi connectivity index (χ1v) is 5.70. The van der Waals surface area contributed by atoms with Gasteiger partial charge in [-0.25, -0.2) is 0 Å². The summed E-state index contributed by atoms with van der Waals surface area (Å²) < 4.78 is 0. The third-order valence-corrected chi connectivity index (χ3v) is 3.08. The highest BCUT2D eigenvalue weighted by atomic mass is 15.2. The Morgan fingerprint density at radius 3 is 3.00 bits per heavy atom. The Labute approximate surface area is 96.7 Å². The molecule has 0 bridgehead atoms. The molecule has 0 unspecified atom stereocenters. The molecule has 0 aromatic heterocycles. The van der Waals surface area contributed by atoms with Gasteiger partial charge in [0.2, 0.25) is 0 Å². The monoisotopic (exact) mass is 215 g/mol. The second kappa shape index (κ2) is 4.54. The molecule has 16 heavy (non-hydrogen) atoms. The summed E-state index contributed by atoms with van der Waals surface area (Å²) in [5, 5.41) is 12.5. The summed E-state index contributed by atoms with van der Waals surface area (Å²) in [6, 6.07) is 8.84. The van der Waals surface area contributed by atoms with E-state index >= 15 is 0 Å². The van der Waals surface area contributed by atoms with Gasteiger partial charge < -0.3 is 10.2 Å². The second-order valence-corrected chi connectivity index (χ2v) is 4.38. The van der Waals surface area contributed by atoms with Gasteiger partial charge in [0.25, 0.3) is 0 Å². The fraction of sp³-hybridized carbons (Fsp3) is 0.462. The van der Waals surface area contributed by atoms with E-state index in [1.807, 2.05) is 13.0 Å². The molecule has 1 aliphatic heterocycles. The smallest absolute Gasteiger partial charge is 0.101 e. The molecule has 2 rings (SSSR count). The van der Waals surface area contributed by atoms with Crippen LogP contribution in [-0.4, -0.2) is 25.7 Å². The van der Waals surface area contributed by atoms with Crippen molar-refractivity contribution in [2.75, 3.05) is 24.5 Å². The number of hydrogen-bond donors (Lipinski definition) is 1. The summed E-state index contributed by atoms with van der Waals surface area (Å²) in [4.78, 5) is 2.31. The Morgan fingerprint density at radius 1 is 1.50 bits per heavy atom. The molecular weight excluding hydrogens is 198 g/mol. The molecule has 0 saturated carbocycles. The lowest BCUT2D eigenvalue weighted by Gasteiger charge is -2.36. The number of benzene rings is 1. The summed E-state index contributed by atoms with van der Waals surface area (Å²) in [5.74, 6) is 0. The topological polar surface area (TPSA) is 39.1 Å². The minimum atomic E-state index is 0.448. The third kappa shape index (κ3) is 2.02. The van der Waals surface area contributed by atoms with Crippen LogP contribution >= 0.6 is 0 Å². The van der Waals surface area contributed by atoms with Crippen LogP contribution in [0.3, 0.4) is 0 Å². The van der Waals surface area contributed by atoms with E-state index in [1.54, 1.807) is 0 Å². The molecule has 1 aliphatic rings. The highest BCUT2D eigenvalue weighted by molar-refractivity contribution is 5.61. The van der Waals surface area contributed by atoms with Crippen LogP contribution in [0.1, 0.15) is 18.1 Å². The van der Waals surface area contributed by atoms with Gasteiger partial charge >= 0.3 is 0 Å². The summed E-state index contributed by atoms with van der Waals surface area (Å²) in [7, 11) is 0. The van der Waals surface area contributed by atoms with Crippen LogP contribution in [-0.2, 0) is 0 Å². The minimum Gasteiger partial charge on any atom is -0.365 e. The Kier molecular flexibility index (Phi) is 3.12. The van der Waals surface area contributed by atoms with Gasteiger partial charge in [-0.2, -0.15) is 5.26 Å². The number of nitriles is 1. The van der Waals surface area contributed by atoms with E-state index in [0.29, 0.717) is 6.04 Å². The second-order valence-electron chi connectivity index (χ2n) is 4.38. The van der Waals surface area contributed by atoms with Gasteiger partial charge in [-0.05, 0) is 31.5 Å². The molecule has 3 nitrogen and oxygen atoms in total. The van der Waals surface area contributed by atoms with Gasteiger partial charge in [0, 0.05) is 25.7 Å². The fourth-order valence-electron chi connectivity index (χ4n) is 2.19. The van der Waals surface area contributed by atoms with Crippen LogP contribution in [0.2, 0.25) is 0 Å². The summed E-state index contributed by atoms with van der Waals surface area (Å²) in [6.07, 6.45) is 0. The molecule has 1 aromatic rings. The molecule has 0 aliphatic carbocycles. The van der Waals surface area contributed by atoms with Gasteiger partial charge in [0.05, 0.1) is 11.3 Å². The van der Waals surface area contributed by atoms with E-state index < -0.39 is 0 Å². The largest absolute Gasteiger partial charge is 0.365 e. The summed E-state index contributed by atoms with van der Waals surface area (Å²) >= 11 is 0. The summed E-state index contributed by atoms with van der Waals surface area (Å²) in [5.41, 5.74) is 3.00. The van der Waals surface area contributed by atoms with E-state index in [0.717, 1.165) is 36.4 Å². The van der Waals surface area contributed by atoms with Crippen LogP contribution in [0.15, 0.2) is 18.2 Å². The zero-order valence-electron chi connectivity index (χ0n) is 9.83. The Bertz CT molecular complexity index is 420. The zero-order valence-corrected chi connectivity index (χ0v) is 9.83. The molecule has 1 atom stereocenters. The molecular formula is C13H17N3. The molecule has 1 saturated heterocycles. The Hall–Kier alpha value is -1.53. The molecule has 1 N–H and O–H groups in total. The third-order valence-electron chi connectivity index (χ3n) is 3.08. The molecule has 1 fully saturated rings. The van der Waals surface area contributed by atoms with Crippen molar-refractivity contribution in [3.05, 3.63) is 29.3 Å². The first-order valence-electron chi connectivity index (χ1n) is 5.70. The normalized spacial score (nSPS) is 20.6. The Balaban J connectivity index is 2.35. The lowest BCUT2D eigenvalue weighted by Crippen LogP contribution is -2.50. The number of nitrogens with one attached hydrogen (secondary N) is 1. The fourth-order valence-corrected chi connectivity index (χ4v) is 2.19. The number of piperazine rings is 1. The van der Waals surface area contributed by atoms with Crippen LogP contribution in [0, 0.1) is 18.3 Å². The lowest BCUT2D eigenvalue weighted by molar-refractivity contribution is 0.500.